The number of carbonyl (C=O) groups is 1. The Labute approximate surface area is 143 Å². The van der Waals surface area contributed by atoms with Crippen molar-refractivity contribution in [1.82, 2.24) is 24.5 Å². The van der Waals surface area contributed by atoms with Gasteiger partial charge in [-0.3, -0.25) is 4.79 Å². The maximum absolute atomic E-state index is 11.5. The van der Waals surface area contributed by atoms with Crippen molar-refractivity contribution in [3.05, 3.63) is 36.4 Å². The molecule has 9 heteroatoms. The Bertz CT molecular complexity index is 957. The van der Waals surface area contributed by atoms with Crippen LogP contribution >= 0.6 is 0 Å². The second-order valence-corrected chi connectivity index (χ2v) is 6.10. The van der Waals surface area contributed by atoms with Gasteiger partial charge in [-0.25, -0.2) is 9.25 Å². The molecule has 0 saturated carbocycles. The molecule has 0 atom stereocenters. The molecule has 0 bridgehead atoms. The minimum atomic E-state index is -0.488. The van der Waals surface area contributed by atoms with E-state index < -0.39 is 5.91 Å². The van der Waals surface area contributed by atoms with Crippen molar-refractivity contribution >= 4 is 5.91 Å². The average Bonchev–Trinajstić information content (AvgIpc) is 3.18. The molecule has 9 nitrogen and oxygen atoms in total. The molecule has 0 aliphatic carbocycles. The number of benzene rings is 1. The zero-order valence-corrected chi connectivity index (χ0v) is 14.0. The molecular weight excluding hydrogens is 322 g/mol. The maximum Gasteiger partial charge on any atom is 0.327 e. The molecule has 3 heterocycles. The zero-order valence-electron chi connectivity index (χ0n) is 14.0. The zero-order chi connectivity index (χ0) is 17.6. The maximum atomic E-state index is 11.5. The molecule has 1 aromatic carbocycles. The third-order valence-electron chi connectivity index (χ3n) is 4.07. The van der Waals surface area contributed by atoms with Crippen molar-refractivity contribution in [1.29, 1.82) is 0 Å². The van der Waals surface area contributed by atoms with Gasteiger partial charge in [-0.15, -0.1) is 0 Å². The van der Waals surface area contributed by atoms with E-state index in [2.05, 4.69) is 15.2 Å². The number of hydrogen-bond donors (Lipinski definition) is 1. The molecule has 1 amide bonds. The standard InChI is InChI=1S/C16H17N7O2/c1-10(2)23-16(18-8-19-23)22-9-21-5-6-25-13-4-3-11(14(17)24)7-12(13)15(21)20-22/h3-4,7-10H,5-6H2,1-2H3,(H-,17,24)/p+1. The normalized spacial score (nSPS) is 13.1. The number of fused-ring (bicyclic) bond motifs is 3. The summed E-state index contributed by atoms with van der Waals surface area (Å²) in [6.07, 6.45) is 3.36. The van der Waals surface area contributed by atoms with Crippen LogP contribution in [0.15, 0.2) is 30.9 Å². The van der Waals surface area contributed by atoms with Gasteiger partial charge >= 0.3 is 11.8 Å². The van der Waals surface area contributed by atoms with E-state index in [-0.39, 0.29) is 6.04 Å². The molecule has 0 radical (unpaired) electrons. The molecule has 1 aliphatic heterocycles. The summed E-state index contributed by atoms with van der Waals surface area (Å²) in [6.45, 7) is 5.19. The lowest BCUT2D eigenvalue weighted by Gasteiger charge is -2.06. The summed E-state index contributed by atoms with van der Waals surface area (Å²) in [5, 5.41) is 8.91. The van der Waals surface area contributed by atoms with Crippen molar-refractivity contribution in [2.45, 2.75) is 26.4 Å². The molecule has 25 heavy (non-hydrogen) atoms. The summed E-state index contributed by atoms with van der Waals surface area (Å²) in [7, 11) is 0. The van der Waals surface area contributed by atoms with Gasteiger partial charge < -0.3 is 10.5 Å². The van der Waals surface area contributed by atoms with Crippen LogP contribution in [0.1, 0.15) is 30.2 Å². The van der Waals surface area contributed by atoms with Gasteiger partial charge in [-0.05, 0) is 36.7 Å². The first-order valence-electron chi connectivity index (χ1n) is 8.00. The summed E-state index contributed by atoms with van der Waals surface area (Å²) in [5.74, 6) is 1.50. The average molecular weight is 340 g/mol. The fraction of sp³-hybridized carbons (Fsp3) is 0.312. The second-order valence-electron chi connectivity index (χ2n) is 6.10. The summed E-state index contributed by atoms with van der Waals surface area (Å²) in [5.41, 5.74) is 6.55. The number of amides is 1. The van der Waals surface area contributed by atoms with E-state index in [1.54, 1.807) is 27.6 Å². The predicted octanol–water partition coefficient (Wildman–Crippen LogP) is 0.490. The van der Waals surface area contributed by atoms with E-state index in [9.17, 15) is 4.79 Å². The van der Waals surface area contributed by atoms with Crippen LogP contribution in [0, 0.1) is 0 Å². The van der Waals surface area contributed by atoms with E-state index in [0.29, 0.717) is 36.2 Å². The van der Waals surface area contributed by atoms with Crippen LogP contribution in [0.2, 0.25) is 0 Å². The SMILES string of the molecule is CC(C)n1ncnc1-n1c[n+]2c(n1)-c1cc(C(N)=O)ccc1OCC2. The first-order valence-corrected chi connectivity index (χ1v) is 8.00. The van der Waals surface area contributed by atoms with Gasteiger partial charge in [0.1, 0.15) is 25.2 Å². The molecule has 1 aliphatic rings. The lowest BCUT2D eigenvalue weighted by atomic mass is 10.1. The van der Waals surface area contributed by atoms with E-state index >= 15 is 0 Å². The number of rotatable bonds is 3. The van der Waals surface area contributed by atoms with Gasteiger partial charge in [-0.2, -0.15) is 10.1 Å². The quantitative estimate of drug-likeness (QED) is 0.699. The number of ether oxygens (including phenoxy) is 1. The second kappa shape index (κ2) is 5.69. The lowest BCUT2D eigenvalue weighted by Crippen LogP contribution is -2.35. The molecule has 0 saturated heterocycles. The predicted molar refractivity (Wildman–Crippen MR) is 87.2 cm³/mol. The highest BCUT2D eigenvalue weighted by atomic mass is 16.5. The third kappa shape index (κ3) is 2.53. The molecule has 0 spiro atoms. The highest BCUT2D eigenvalue weighted by molar-refractivity contribution is 5.94. The van der Waals surface area contributed by atoms with Gasteiger partial charge in [-0.1, -0.05) is 0 Å². The Hall–Kier alpha value is -3.23. The molecule has 128 valence electrons. The highest BCUT2D eigenvalue weighted by Crippen LogP contribution is 2.29. The number of primary amides is 1. The minimum absolute atomic E-state index is 0.156. The van der Waals surface area contributed by atoms with Gasteiger partial charge in [0.15, 0.2) is 0 Å². The fourth-order valence-electron chi connectivity index (χ4n) is 2.85. The van der Waals surface area contributed by atoms with Crippen LogP contribution in [-0.2, 0) is 6.54 Å². The molecule has 3 aromatic rings. The first kappa shape index (κ1) is 15.3. The number of hydrogen-bond acceptors (Lipinski definition) is 5. The summed E-state index contributed by atoms with van der Waals surface area (Å²) < 4.78 is 11.2. The molecular formula is C16H18N7O2+. The molecule has 2 N–H and O–H groups in total. The third-order valence-corrected chi connectivity index (χ3v) is 4.07. The Kier molecular flexibility index (Phi) is 3.48. The fourth-order valence-corrected chi connectivity index (χ4v) is 2.85. The van der Waals surface area contributed by atoms with Crippen molar-refractivity contribution in [3.8, 4) is 23.1 Å². The van der Waals surface area contributed by atoms with Gasteiger partial charge in [0.25, 0.3) is 0 Å². The Morgan fingerprint density at radius 3 is 3.00 bits per heavy atom. The topological polar surface area (TPSA) is 105 Å². The van der Waals surface area contributed by atoms with Gasteiger partial charge in [0, 0.05) is 5.56 Å². The highest BCUT2D eigenvalue weighted by Gasteiger charge is 2.28. The monoisotopic (exact) mass is 340 g/mol. The Morgan fingerprint density at radius 1 is 1.40 bits per heavy atom. The number of aromatic nitrogens is 6. The first-order chi connectivity index (χ1) is 12.0. The molecule has 0 fully saturated rings. The van der Waals surface area contributed by atoms with E-state index in [1.807, 2.05) is 24.7 Å². The van der Waals surface area contributed by atoms with Crippen molar-refractivity contribution in [3.63, 3.8) is 0 Å². The Balaban J connectivity index is 1.87. The van der Waals surface area contributed by atoms with E-state index in [0.717, 1.165) is 5.56 Å². The molecule has 2 aromatic heterocycles. The van der Waals surface area contributed by atoms with Gasteiger partial charge in [0.2, 0.25) is 12.2 Å². The van der Waals surface area contributed by atoms with Crippen LogP contribution < -0.4 is 15.0 Å². The van der Waals surface area contributed by atoms with Crippen molar-refractivity contribution < 1.29 is 14.1 Å². The Morgan fingerprint density at radius 2 is 2.24 bits per heavy atom. The van der Waals surface area contributed by atoms with Crippen LogP contribution in [-0.4, -0.2) is 37.1 Å². The summed E-state index contributed by atoms with van der Waals surface area (Å²) >= 11 is 0. The van der Waals surface area contributed by atoms with E-state index in [1.165, 1.54) is 6.33 Å². The number of nitrogens with zero attached hydrogens (tertiary/aromatic N) is 6. The van der Waals surface area contributed by atoms with Crippen molar-refractivity contribution in [2.75, 3.05) is 6.61 Å². The van der Waals surface area contributed by atoms with Crippen LogP contribution in [0.4, 0.5) is 0 Å². The van der Waals surface area contributed by atoms with E-state index in [4.69, 9.17) is 10.5 Å². The van der Waals surface area contributed by atoms with Crippen LogP contribution in [0.3, 0.4) is 0 Å². The minimum Gasteiger partial charge on any atom is -0.489 e. The lowest BCUT2D eigenvalue weighted by molar-refractivity contribution is -0.686. The number of carbonyl (C=O) groups excluding carboxylic acids is 1. The molecule has 0 unspecified atom stereocenters. The van der Waals surface area contributed by atoms with Crippen LogP contribution in [0.5, 0.6) is 5.75 Å². The van der Waals surface area contributed by atoms with Crippen molar-refractivity contribution in [2.24, 2.45) is 5.73 Å². The molecule has 4 rings (SSSR count). The van der Waals surface area contributed by atoms with Crippen LogP contribution in [0.25, 0.3) is 17.3 Å². The largest absolute Gasteiger partial charge is 0.489 e. The summed E-state index contributed by atoms with van der Waals surface area (Å²) in [4.78, 5) is 15.8. The smallest absolute Gasteiger partial charge is 0.327 e. The van der Waals surface area contributed by atoms with Gasteiger partial charge in [0.05, 0.1) is 16.7 Å². The summed E-state index contributed by atoms with van der Waals surface area (Å²) in [6, 6.07) is 5.27. The number of nitrogens with two attached hydrogens (primary N) is 1.